The van der Waals surface area contributed by atoms with E-state index in [9.17, 15) is 4.79 Å². The summed E-state index contributed by atoms with van der Waals surface area (Å²) in [6, 6.07) is 8.03. The molecule has 1 saturated heterocycles. The quantitative estimate of drug-likeness (QED) is 0.863. The molecule has 1 aromatic carbocycles. The van der Waals surface area contributed by atoms with Crippen molar-refractivity contribution in [3.8, 4) is 11.4 Å². The molecule has 2 heterocycles. The fraction of sp³-hybridized carbons (Fsp3) is 0.500. The van der Waals surface area contributed by atoms with Crippen LogP contribution >= 0.6 is 0 Å². The van der Waals surface area contributed by atoms with E-state index in [0.717, 1.165) is 23.4 Å². The van der Waals surface area contributed by atoms with Gasteiger partial charge in [0.2, 0.25) is 5.91 Å². The molecule has 0 spiro atoms. The molecule has 2 aromatic rings. The third-order valence-electron chi connectivity index (χ3n) is 4.40. The first-order chi connectivity index (χ1) is 11.6. The lowest BCUT2D eigenvalue weighted by atomic mass is 10.1. The lowest BCUT2D eigenvalue weighted by Gasteiger charge is -2.32. The van der Waals surface area contributed by atoms with Crippen molar-refractivity contribution in [2.45, 2.75) is 39.8 Å². The van der Waals surface area contributed by atoms with Crippen molar-refractivity contribution >= 4 is 5.91 Å². The van der Waals surface area contributed by atoms with Crippen molar-refractivity contribution in [3.05, 3.63) is 35.7 Å². The fourth-order valence-electron chi connectivity index (χ4n) is 3.01. The molecule has 6 heteroatoms. The molecule has 3 rings (SSSR count). The fourth-order valence-corrected chi connectivity index (χ4v) is 3.01. The number of nitrogens with zero attached hydrogens (tertiary/aromatic N) is 4. The number of amides is 1. The zero-order valence-corrected chi connectivity index (χ0v) is 14.5. The second kappa shape index (κ2) is 7.13. The van der Waals surface area contributed by atoms with Crippen molar-refractivity contribution in [1.29, 1.82) is 0 Å². The van der Waals surface area contributed by atoms with Gasteiger partial charge in [-0.25, -0.2) is 9.67 Å². The summed E-state index contributed by atoms with van der Waals surface area (Å²) in [6.45, 7) is 8.08. The van der Waals surface area contributed by atoms with Crippen LogP contribution < -0.4 is 0 Å². The molecule has 1 unspecified atom stereocenters. The van der Waals surface area contributed by atoms with Crippen LogP contribution in [0.5, 0.6) is 0 Å². The minimum Gasteiger partial charge on any atom is -0.375 e. The first kappa shape index (κ1) is 16.6. The van der Waals surface area contributed by atoms with E-state index in [4.69, 9.17) is 4.74 Å². The molecule has 1 fully saturated rings. The Kier molecular flexibility index (Phi) is 4.94. The van der Waals surface area contributed by atoms with Crippen LogP contribution in [0.1, 0.15) is 24.7 Å². The van der Waals surface area contributed by atoms with Crippen LogP contribution in [0.3, 0.4) is 0 Å². The van der Waals surface area contributed by atoms with Gasteiger partial charge in [-0.1, -0.05) is 31.2 Å². The van der Waals surface area contributed by atoms with Gasteiger partial charge in [0.1, 0.15) is 12.4 Å². The van der Waals surface area contributed by atoms with Crippen LogP contribution in [0.15, 0.2) is 24.3 Å². The normalized spacial score (nSPS) is 18.0. The summed E-state index contributed by atoms with van der Waals surface area (Å²) in [7, 11) is 0. The van der Waals surface area contributed by atoms with E-state index < -0.39 is 0 Å². The SMILES string of the molecule is CCC1CN(C(=O)Cn2nc(C)nc2-c2ccccc2C)CCO1. The van der Waals surface area contributed by atoms with E-state index in [2.05, 4.69) is 17.0 Å². The molecule has 24 heavy (non-hydrogen) atoms. The Morgan fingerprint density at radius 2 is 2.12 bits per heavy atom. The molecule has 1 aromatic heterocycles. The van der Waals surface area contributed by atoms with E-state index in [1.807, 2.05) is 43.0 Å². The predicted molar refractivity (Wildman–Crippen MR) is 91.5 cm³/mol. The highest BCUT2D eigenvalue weighted by atomic mass is 16.5. The number of rotatable bonds is 4. The monoisotopic (exact) mass is 328 g/mol. The number of hydrogen-bond donors (Lipinski definition) is 0. The van der Waals surface area contributed by atoms with Gasteiger partial charge in [-0.3, -0.25) is 4.79 Å². The molecular weight excluding hydrogens is 304 g/mol. The van der Waals surface area contributed by atoms with Crippen LogP contribution in [0.25, 0.3) is 11.4 Å². The second-order valence-corrected chi connectivity index (χ2v) is 6.20. The van der Waals surface area contributed by atoms with Crippen molar-refractivity contribution in [2.24, 2.45) is 0 Å². The number of aromatic nitrogens is 3. The number of carbonyl (C=O) groups excluding carboxylic acids is 1. The standard InChI is InChI=1S/C18H24N4O2/c1-4-15-11-21(9-10-24-15)17(23)12-22-18(19-14(3)20-22)16-8-6-5-7-13(16)2/h5-8,15H,4,9-12H2,1-3H3. The molecule has 1 amide bonds. The zero-order valence-electron chi connectivity index (χ0n) is 14.5. The van der Waals surface area contributed by atoms with E-state index in [0.29, 0.717) is 25.5 Å². The highest BCUT2D eigenvalue weighted by Gasteiger charge is 2.24. The first-order valence-corrected chi connectivity index (χ1v) is 8.45. The Morgan fingerprint density at radius 1 is 1.33 bits per heavy atom. The third-order valence-corrected chi connectivity index (χ3v) is 4.40. The van der Waals surface area contributed by atoms with Crippen molar-refractivity contribution in [1.82, 2.24) is 19.7 Å². The first-order valence-electron chi connectivity index (χ1n) is 8.45. The van der Waals surface area contributed by atoms with Gasteiger partial charge < -0.3 is 9.64 Å². The molecule has 0 N–H and O–H groups in total. The van der Waals surface area contributed by atoms with Gasteiger partial charge in [0.15, 0.2) is 5.82 Å². The van der Waals surface area contributed by atoms with Gasteiger partial charge >= 0.3 is 0 Å². The number of aryl methyl sites for hydroxylation is 2. The molecule has 1 aliphatic rings. The van der Waals surface area contributed by atoms with Crippen LogP contribution in [0.2, 0.25) is 0 Å². The van der Waals surface area contributed by atoms with Crippen LogP contribution in [0, 0.1) is 13.8 Å². The van der Waals surface area contributed by atoms with E-state index in [1.165, 1.54) is 0 Å². The Balaban J connectivity index is 1.81. The maximum atomic E-state index is 12.7. The van der Waals surface area contributed by atoms with Gasteiger partial charge in [-0.05, 0) is 25.8 Å². The maximum absolute atomic E-state index is 12.7. The summed E-state index contributed by atoms with van der Waals surface area (Å²) >= 11 is 0. The summed E-state index contributed by atoms with van der Waals surface area (Å²) in [6.07, 6.45) is 1.05. The van der Waals surface area contributed by atoms with Crippen molar-refractivity contribution in [2.75, 3.05) is 19.7 Å². The molecule has 0 radical (unpaired) electrons. The maximum Gasteiger partial charge on any atom is 0.244 e. The third kappa shape index (κ3) is 3.48. The Morgan fingerprint density at radius 3 is 2.88 bits per heavy atom. The second-order valence-electron chi connectivity index (χ2n) is 6.20. The highest BCUT2D eigenvalue weighted by Crippen LogP contribution is 2.21. The summed E-state index contributed by atoms with van der Waals surface area (Å²) in [5.41, 5.74) is 2.13. The Bertz CT molecular complexity index is 726. The average Bonchev–Trinajstić information content (AvgIpc) is 2.95. The lowest BCUT2D eigenvalue weighted by Crippen LogP contribution is -2.46. The lowest BCUT2D eigenvalue weighted by molar-refractivity contribution is -0.139. The van der Waals surface area contributed by atoms with Gasteiger partial charge in [0.05, 0.1) is 12.7 Å². The number of ether oxygens (including phenoxy) is 1. The summed E-state index contributed by atoms with van der Waals surface area (Å²) in [5.74, 6) is 1.49. The number of morpholine rings is 1. The Hall–Kier alpha value is -2.21. The van der Waals surface area contributed by atoms with Crippen molar-refractivity contribution in [3.63, 3.8) is 0 Å². The van der Waals surface area contributed by atoms with Gasteiger partial charge in [-0.2, -0.15) is 5.10 Å². The van der Waals surface area contributed by atoms with E-state index >= 15 is 0 Å². The summed E-state index contributed by atoms with van der Waals surface area (Å²) in [4.78, 5) is 19.1. The van der Waals surface area contributed by atoms with E-state index in [-0.39, 0.29) is 18.6 Å². The molecule has 128 valence electrons. The van der Waals surface area contributed by atoms with E-state index in [1.54, 1.807) is 4.68 Å². The molecule has 0 aliphatic carbocycles. The molecule has 6 nitrogen and oxygen atoms in total. The number of hydrogen-bond acceptors (Lipinski definition) is 4. The van der Waals surface area contributed by atoms with Gasteiger partial charge in [0, 0.05) is 18.7 Å². The molecule has 1 aliphatic heterocycles. The average molecular weight is 328 g/mol. The number of carbonyl (C=O) groups is 1. The Labute approximate surface area is 142 Å². The summed E-state index contributed by atoms with van der Waals surface area (Å²) in [5, 5.41) is 4.43. The zero-order chi connectivity index (χ0) is 17.1. The molecule has 1 atom stereocenters. The summed E-state index contributed by atoms with van der Waals surface area (Å²) < 4.78 is 7.36. The van der Waals surface area contributed by atoms with Crippen molar-refractivity contribution < 1.29 is 9.53 Å². The van der Waals surface area contributed by atoms with Crippen LogP contribution in [-0.2, 0) is 16.1 Å². The van der Waals surface area contributed by atoms with Gasteiger partial charge in [0.25, 0.3) is 0 Å². The molecule has 0 saturated carbocycles. The highest BCUT2D eigenvalue weighted by molar-refractivity contribution is 5.77. The van der Waals surface area contributed by atoms with Crippen LogP contribution in [0.4, 0.5) is 0 Å². The number of benzene rings is 1. The minimum absolute atomic E-state index is 0.0662. The minimum atomic E-state index is 0.0662. The predicted octanol–water partition coefficient (Wildman–Crippen LogP) is 2.20. The van der Waals surface area contributed by atoms with Gasteiger partial charge in [-0.15, -0.1) is 0 Å². The molecule has 0 bridgehead atoms. The molecular formula is C18H24N4O2. The largest absolute Gasteiger partial charge is 0.375 e. The van der Waals surface area contributed by atoms with Crippen LogP contribution in [-0.4, -0.2) is 51.4 Å². The smallest absolute Gasteiger partial charge is 0.244 e. The topological polar surface area (TPSA) is 60.2 Å².